The zero-order chi connectivity index (χ0) is 24.5. The van der Waals surface area contributed by atoms with Crippen LogP contribution in [0.3, 0.4) is 0 Å². The Morgan fingerprint density at radius 1 is 0.914 bits per heavy atom. The first-order valence-corrected chi connectivity index (χ1v) is 11.1. The SMILES string of the molecule is O=C(c1ccncc1)N1CCN(Cc2c(O)cc(O)c3c(=O)cc(-c4ccc(O)cc4)oc23)CC1. The minimum atomic E-state index is -0.444. The number of carbonyl (C=O) groups excluding carboxylic acids is 1. The number of fused-ring (bicyclic) bond motifs is 1. The van der Waals surface area contributed by atoms with Gasteiger partial charge >= 0.3 is 0 Å². The number of aromatic hydroxyl groups is 3. The summed E-state index contributed by atoms with van der Waals surface area (Å²) in [6, 6.07) is 12.0. The first kappa shape index (κ1) is 22.4. The normalized spacial score (nSPS) is 14.3. The first-order chi connectivity index (χ1) is 16.9. The smallest absolute Gasteiger partial charge is 0.254 e. The minimum absolute atomic E-state index is 0.00757. The number of carbonyl (C=O) groups is 1. The summed E-state index contributed by atoms with van der Waals surface area (Å²) >= 11 is 0. The fourth-order valence-electron chi connectivity index (χ4n) is 4.28. The van der Waals surface area contributed by atoms with Crippen LogP contribution in [0, 0.1) is 0 Å². The highest BCUT2D eigenvalue weighted by atomic mass is 16.3. The van der Waals surface area contributed by atoms with Crippen molar-refractivity contribution in [1.82, 2.24) is 14.8 Å². The lowest BCUT2D eigenvalue weighted by Gasteiger charge is -2.35. The molecule has 1 aliphatic rings. The number of rotatable bonds is 4. The zero-order valence-corrected chi connectivity index (χ0v) is 18.7. The Hall–Kier alpha value is -4.37. The molecule has 0 unspecified atom stereocenters. The van der Waals surface area contributed by atoms with E-state index in [0.29, 0.717) is 42.9 Å². The largest absolute Gasteiger partial charge is 0.508 e. The Balaban J connectivity index is 1.43. The van der Waals surface area contributed by atoms with Crippen LogP contribution in [0.25, 0.3) is 22.3 Å². The Labute approximate surface area is 200 Å². The lowest BCUT2D eigenvalue weighted by atomic mass is 10.1. The molecule has 0 atom stereocenters. The first-order valence-electron chi connectivity index (χ1n) is 11.1. The summed E-state index contributed by atoms with van der Waals surface area (Å²) < 4.78 is 6.02. The number of nitrogens with zero attached hydrogens (tertiary/aromatic N) is 3. The molecule has 1 amide bonds. The molecule has 0 spiro atoms. The Bertz CT molecular complexity index is 1440. The second-order valence-corrected chi connectivity index (χ2v) is 8.42. The minimum Gasteiger partial charge on any atom is -0.508 e. The number of hydrogen-bond donors (Lipinski definition) is 3. The molecule has 178 valence electrons. The molecule has 9 heteroatoms. The fourth-order valence-corrected chi connectivity index (χ4v) is 4.28. The van der Waals surface area contributed by atoms with E-state index in [-0.39, 0.29) is 46.4 Å². The molecule has 0 bridgehead atoms. The van der Waals surface area contributed by atoms with Crippen molar-refractivity contribution in [3.63, 3.8) is 0 Å². The van der Waals surface area contributed by atoms with Crippen LogP contribution in [-0.2, 0) is 6.54 Å². The number of piperazine rings is 1. The van der Waals surface area contributed by atoms with Gasteiger partial charge in [0, 0.05) is 68.4 Å². The number of phenolic OH excluding ortho intramolecular Hbond substituents is 3. The summed E-state index contributed by atoms with van der Waals surface area (Å²) in [4.78, 5) is 33.3. The molecule has 2 aromatic carbocycles. The average Bonchev–Trinajstić information content (AvgIpc) is 2.87. The quantitative estimate of drug-likeness (QED) is 0.413. The van der Waals surface area contributed by atoms with E-state index in [0.717, 1.165) is 6.07 Å². The van der Waals surface area contributed by atoms with Gasteiger partial charge in [-0.05, 0) is 36.4 Å². The third-order valence-corrected chi connectivity index (χ3v) is 6.18. The van der Waals surface area contributed by atoms with Gasteiger partial charge < -0.3 is 24.6 Å². The molecule has 3 heterocycles. The molecule has 1 fully saturated rings. The van der Waals surface area contributed by atoms with Crippen molar-refractivity contribution in [1.29, 1.82) is 0 Å². The summed E-state index contributed by atoms with van der Waals surface area (Å²) in [6.07, 6.45) is 3.17. The summed E-state index contributed by atoms with van der Waals surface area (Å²) in [6.45, 7) is 2.38. The maximum absolute atomic E-state index is 12.9. The molecule has 9 nitrogen and oxygen atoms in total. The van der Waals surface area contributed by atoms with Gasteiger partial charge in [-0.15, -0.1) is 0 Å². The van der Waals surface area contributed by atoms with Crippen molar-refractivity contribution < 1.29 is 24.5 Å². The van der Waals surface area contributed by atoms with E-state index >= 15 is 0 Å². The maximum Gasteiger partial charge on any atom is 0.254 e. The monoisotopic (exact) mass is 473 g/mol. The molecule has 4 aromatic rings. The molecule has 1 saturated heterocycles. The third-order valence-electron chi connectivity index (χ3n) is 6.18. The average molecular weight is 473 g/mol. The van der Waals surface area contributed by atoms with Crippen LogP contribution in [0.1, 0.15) is 15.9 Å². The highest BCUT2D eigenvalue weighted by Gasteiger charge is 2.25. The number of phenols is 3. The van der Waals surface area contributed by atoms with Gasteiger partial charge in [-0.3, -0.25) is 19.5 Å². The molecule has 0 aliphatic carbocycles. The standard InChI is InChI=1S/C26H23N3O6/c30-18-3-1-16(2-4-18)23-14-22(33)24-21(32)13-20(31)19(25(24)35-23)15-28-9-11-29(12-10-28)26(34)17-5-7-27-8-6-17/h1-8,13-14,30-32H,9-12,15H2. The summed E-state index contributed by atoms with van der Waals surface area (Å²) in [5.41, 5.74) is 1.19. The maximum atomic E-state index is 12.9. The summed E-state index contributed by atoms with van der Waals surface area (Å²) in [7, 11) is 0. The second kappa shape index (κ2) is 9.11. The van der Waals surface area contributed by atoms with E-state index in [2.05, 4.69) is 9.88 Å². The zero-order valence-electron chi connectivity index (χ0n) is 18.7. The molecule has 2 aromatic heterocycles. The third kappa shape index (κ3) is 4.41. The lowest BCUT2D eigenvalue weighted by Crippen LogP contribution is -2.48. The van der Waals surface area contributed by atoms with E-state index in [1.165, 1.54) is 18.2 Å². The molecule has 0 saturated carbocycles. The van der Waals surface area contributed by atoms with Crippen molar-refractivity contribution >= 4 is 16.9 Å². The van der Waals surface area contributed by atoms with Gasteiger partial charge in [-0.2, -0.15) is 0 Å². The molecule has 35 heavy (non-hydrogen) atoms. The van der Waals surface area contributed by atoms with Crippen LogP contribution in [-0.4, -0.2) is 62.2 Å². The number of amides is 1. The fraction of sp³-hybridized carbons (Fsp3) is 0.192. The molecular weight excluding hydrogens is 450 g/mol. The van der Waals surface area contributed by atoms with Gasteiger partial charge in [0.05, 0.1) is 5.56 Å². The van der Waals surface area contributed by atoms with Crippen LogP contribution >= 0.6 is 0 Å². The van der Waals surface area contributed by atoms with Crippen molar-refractivity contribution in [2.45, 2.75) is 6.54 Å². The highest BCUT2D eigenvalue weighted by molar-refractivity contribution is 5.94. The van der Waals surface area contributed by atoms with Crippen LogP contribution in [0.4, 0.5) is 0 Å². The van der Waals surface area contributed by atoms with Crippen molar-refractivity contribution in [3.05, 3.63) is 82.3 Å². The lowest BCUT2D eigenvalue weighted by molar-refractivity contribution is 0.0627. The topological polar surface area (TPSA) is 127 Å². The number of hydrogen-bond acceptors (Lipinski definition) is 8. The van der Waals surface area contributed by atoms with Gasteiger partial charge in [0.25, 0.3) is 5.91 Å². The van der Waals surface area contributed by atoms with Crippen molar-refractivity contribution in [3.8, 4) is 28.6 Å². The second-order valence-electron chi connectivity index (χ2n) is 8.42. The Morgan fingerprint density at radius 2 is 1.60 bits per heavy atom. The number of aromatic nitrogens is 1. The molecular formula is C26H23N3O6. The Kier molecular flexibility index (Phi) is 5.84. The molecule has 3 N–H and O–H groups in total. The van der Waals surface area contributed by atoms with Crippen molar-refractivity contribution in [2.75, 3.05) is 26.2 Å². The van der Waals surface area contributed by atoms with Crippen molar-refractivity contribution in [2.24, 2.45) is 0 Å². The van der Waals surface area contributed by atoms with Gasteiger partial charge in [0.1, 0.15) is 28.4 Å². The van der Waals surface area contributed by atoms with E-state index in [1.54, 1.807) is 41.6 Å². The van der Waals surface area contributed by atoms with Crippen LogP contribution in [0.15, 0.2) is 70.1 Å². The van der Waals surface area contributed by atoms with Crippen LogP contribution in [0.2, 0.25) is 0 Å². The summed E-state index contributed by atoms with van der Waals surface area (Å²) in [5.74, 6) is -0.276. The van der Waals surface area contributed by atoms with Gasteiger partial charge in [0.2, 0.25) is 0 Å². The van der Waals surface area contributed by atoms with Crippen LogP contribution in [0.5, 0.6) is 17.2 Å². The predicted molar refractivity (Wildman–Crippen MR) is 128 cm³/mol. The predicted octanol–water partition coefficient (Wildman–Crippen LogP) is 2.93. The Morgan fingerprint density at radius 3 is 2.29 bits per heavy atom. The number of benzene rings is 2. The van der Waals surface area contributed by atoms with E-state index in [9.17, 15) is 24.9 Å². The van der Waals surface area contributed by atoms with Gasteiger partial charge in [-0.1, -0.05) is 0 Å². The van der Waals surface area contributed by atoms with Gasteiger partial charge in [-0.25, -0.2) is 0 Å². The molecule has 5 rings (SSSR count). The molecule has 0 radical (unpaired) electrons. The highest BCUT2D eigenvalue weighted by Crippen LogP contribution is 2.36. The number of pyridine rings is 1. The van der Waals surface area contributed by atoms with E-state index < -0.39 is 5.43 Å². The molecule has 1 aliphatic heterocycles. The van der Waals surface area contributed by atoms with E-state index in [4.69, 9.17) is 4.42 Å². The van der Waals surface area contributed by atoms with E-state index in [1.807, 2.05) is 0 Å². The van der Waals surface area contributed by atoms with Crippen LogP contribution < -0.4 is 5.43 Å². The summed E-state index contributed by atoms with van der Waals surface area (Å²) in [5, 5.41) is 30.5. The van der Waals surface area contributed by atoms with Gasteiger partial charge in [0.15, 0.2) is 11.0 Å².